The van der Waals surface area contributed by atoms with E-state index in [1.807, 2.05) is 0 Å². The molecule has 2 aliphatic rings. The number of ether oxygens (including phenoxy) is 1. The van der Waals surface area contributed by atoms with Crippen LogP contribution in [-0.4, -0.2) is 24.2 Å². The predicted octanol–water partition coefficient (Wildman–Crippen LogP) is 2.93. The highest BCUT2D eigenvalue weighted by atomic mass is 32.2. The third-order valence-corrected chi connectivity index (χ3v) is 4.44. The molecule has 0 bridgehead atoms. The Bertz CT molecular complexity index is 374. The van der Waals surface area contributed by atoms with Crippen molar-refractivity contribution in [2.24, 2.45) is 0 Å². The number of nitrogens with one attached hydrogen (secondary N) is 1. The number of hydrogen-bond acceptors (Lipinski definition) is 3. The third-order valence-electron chi connectivity index (χ3n) is 3.22. The van der Waals surface area contributed by atoms with Gasteiger partial charge in [-0.15, -0.1) is 0 Å². The first-order valence-electron chi connectivity index (χ1n) is 6.02. The fourth-order valence-electron chi connectivity index (χ4n) is 2.37. The number of hydrogen-bond donors (Lipinski definition) is 1. The Labute approximate surface area is 101 Å². The summed E-state index contributed by atoms with van der Waals surface area (Å²) in [6.07, 6.45) is 3.71. The van der Waals surface area contributed by atoms with Crippen LogP contribution in [-0.2, 0) is 6.42 Å². The topological polar surface area (TPSA) is 21.3 Å². The molecule has 1 fully saturated rings. The molecular formula is C13H17NOS. The molecule has 1 unspecified atom stereocenters. The fourth-order valence-corrected chi connectivity index (χ4v) is 3.44. The van der Waals surface area contributed by atoms with E-state index in [9.17, 15) is 0 Å². The van der Waals surface area contributed by atoms with Gasteiger partial charge in [0.25, 0.3) is 0 Å². The van der Waals surface area contributed by atoms with Crippen molar-refractivity contribution in [1.29, 1.82) is 0 Å². The van der Waals surface area contributed by atoms with Crippen molar-refractivity contribution in [3.63, 3.8) is 0 Å². The molecule has 2 heterocycles. The van der Waals surface area contributed by atoms with E-state index < -0.39 is 0 Å². The van der Waals surface area contributed by atoms with Crippen LogP contribution < -0.4 is 10.1 Å². The van der Waals surface area contributed by atoms with Crippen molar-refractivity contribution in [3.05, 3.63) is 23.8 Å². The molecule has 0 amide bonds. The van der Waals surface area contributed by atoms with Gasteiger partial charge in [-0.3, -0.25) is 0 Å². The summed E-state index contributed by atoms with van der Waals surface area (Å²) in [5.74, 6) is 3.65. The van der Waals surface area contributed by atoms with Gasteiger partial charge in [-0.2, -0.15) is 11.8 Å². The SMILES string of the molecule is c1cc2c(cc1NC1CCCSC1)CCO2. The lowest BCUT2D eigenvalue weighted by Gasteiger charge is -2.23. The maximum atomic E-state index is 5.51. The Morgan fingerprint density at radius 3 is 3.25 bits per heavy atom. The van der Waals surface area contributed by atoms with Gasteiger partial charge in [0.15, 0.2) is 0 Å². The first kappa shape index (κ1) is 10.3. The van der Waals surface area contributed by atoms with Crippen LogP contribution in [0.4, 0.5) is 5.69 Å². The van der Waals surface area contributed by atoms with Crippen LogP contribution in [0.2, 0.25) is 0 Å². The molecule has 2 nitrogen and oxygen atoms in total. The second kappa shape index (κ2) is 4.58. The summed E-state index contributed by atoms with van der Waals surface area (Å²) in [6, 6.07) is 7.14. The first-order valence-corrected chi connectivity index (χ1v) is 7.17. The minimum Gasteiger partial charge on any atom is -0.493 e. The van der Waals surface area contributed by atoms with Gasteiger partial charge in [0, 0.05) is 23.9 Å². The highest BCUT2D eigenvalue weighted by Gasteiger charge is 2.15. The lowest BCUT2D eigenvalue weighted by atomic mass is 10.1. The number of benzene rings is 1. The number of thioether (sulfide) groups is 1. The molecule has 1 saturated heterocycles. The van der Waals surface area contributed by atoms with Gasteiger partial charge in [0.05, 0.1) is 6.61 Å². The molecule has 3 rings (SSSR count). The van der Waals surface area contributed by atoms with E-state index >= 15 is 0 Å². The molecule has 0 spiro atoms. The quantitative estimate of drug-likeness (QED) is 0.851. The predicted molar refractivity (Wildman–Crippen MR) is 69.6 cm³/mol. The zero-order valence-electron chi connectivity index (χ0n) is 9.37. The Kier molecular flexibility index (Phi) is 2.96. The van der Waals surface area contributed by atoms with E-state index in [4.69, 9.17) is 4.74 Å². The van der Waals surface area contributed by atoms with Crippen molar-refractivity contribution in [1.82, 2.24) is 0 Å². The van der Waals surface area contributed by atoms with Crippen molar-refractivity contribution >= 4 is 17.4 Å². The van der Waals surface area contributed by atoms with Crippen molar-refractivity contribution in [2.45, 2.75) is 25.3 Å². The van der Waals surface area contributed by atoms with Crippen LogP contribution in [0.5, 0.6) is 5.75 Å². The van der Waals surface area contributed by atoms with E-state index in [1.165, 1.54) is 35.6 Å². The summed E-state index contributed by atoms with van der Waals surface area (Å²) in [7, 11) is 0. The summed E-state index contributed by atoms with van der Waals surface area (Å²) in [4.78, 5) is 0. The minimum absolute atomic E-state index is 0.652. The highest BCUT2D eigenvalue weighted by Crippen LogP contribution is 2.29. The summed E-state index contributed by atoms with van der Waals surface area (Å²) >= 11 is 2.06. The lowest BCUT2D eigenvalue weighted by Crippen LogP contribution is -2.25. The first-order chi connectivity index (χ1) is 7.92. The van der Waals surface area contributed by atoms with Gasteiger partial charge in [0.2, 0.25) is 0 Å². The molecule has 2 aliphatic heterocycles. The smallest absolute Gasteiger partial charge is 0.122 e. The van der Waals surface area contributed by atoms with E-state index in [1.54, 1.807) is 0 Å². The summed E-state index contributed by atoms with van der Waals surface area (Å²) < 4.78 is 5.51. The van der Waals surface area contributed by atoms with Gasteiger partial charge >= 0.3 is 0 Å². The molecule has 1 aromatic rings. The molecule has 86 valence electrons. The Balaban J connectivity index is 1.69. The Morgan fingerprint density at radius 1 is 1.38 bits per heavy atom. The normalized spacial score (nSPS) is 23.6. The van der Waals surface area contributed by atoms with E-state index in [-0.39, 0.29) is 0 Å². The van der Waals surface area contributed by atoms with E-state index in [0.717, 1.165) is 18.8 Å². The Morgan fingerprint density at radius 2 is 2.38 bits per heavy atom. The molecule has 3 heteroatoms. The van der Waals surface area contributed by atoms with Crippen molar-refractivity contribution in [3.8, 4) is 5.75 Å². The standard InChI is InChI=1S/C13H17NOS/c1-2-12(9-16-7-1)14-11-3-4-13-10(8-11)5-6-15-13/h3-4,8,12,14H,1-2,5-7,9H2. The third kappa shape index (κ3) is 2.14. The van der Waals surface area contributed by atoms with Crippen LogP contribution in [0.3, 0.4) is 0 Å². The number of rotatable bonds is 2. The minimum atomic E-state index is 0.652. The maximum absolute atomic E-state index is 5.51. The average molecular weight is 235 g/mol. The van der Waals surface area contributed by atoms with Gasteiger partial charge in [-0.25, -0.2) is 0 Å². The monoisotopic (exact) mass is 235 g/mol. The second-order valence-electron chi connectivity index (χ2n) is 4.48. The van der Waals surface area contributed by atoms with Crippen LogP contribution >= 0.6 is 11.8 Å². The molecule has 1 aromatic carbocycles. The summed E-state index contributed by atoms with van der Waals surface area (Å²) in [6.45, 7) is 0.845. The zero-order chi connectivity index (χ0) is 10.8. The molecule has 0 aliphatic carbocycles. The van der Waals surface area contributed by atoms with Crippen molar-refractivity contribution in [2.75, 3.05) is 23.4 Å². The average Bonchev–Trinajstić information content (AvgIpc) is 2.77. The molecule has 1 N–H and O–H groups in total. The van der Waals surface area contributed by atoms with Gasteiger partial charge in [-0.1, -0.05) is 0 Å². The fraction of sp³-hybridized carbons (Fsp3) is 0.538. The molecule has 0 aromatic heterocycles. The van der Waals surface area contributed by atoms with Gasteiger partial charge in [-0.05, 0) is 42.4 Å². The van der Waals surface area contributed by atoms with E-state index in [0.29, 0.717) is 6.04 Å². The lowest BCUT2D eigenvalue weighted by molar-refractivity contribution is 0.357. The van der Waals surface area contributed by atoms with Gasteiger partial charge in [0.1, 0.15) is 5.75 Å². The Hall–Kier alpha value is -0.830. The van der Waals surface area contributed by atoms with Crippen LogP contribution in [0.1, 0.15) is 18.4 Å². The summed E-state index contributed by atoms with van der Waals surface area (Å²) in [5.41, 5.74) is 2.62. The highest BCUT2D eigenvalue weighted by molar-refractivity contribution is 7.99. The number of fused-ring (bicyclic) bond motifs is 1. The zero-order valence-corrected chi connectivity index (χ0v) is 10.2. The molecular weight excluding hydrogens is 218 g/mol. The van der Waals surface area contributed by atoms with E-state index in [2.05, 4.69) is 35.3 Å². The largest absolute Gasteiger partial charge is 0.493 e. The second-order valence-corrected chi connectivity index (χ2v) is 5.63. The number of anilines is 1. The van der Waals surface area contributed by atoms with Crippen LogP contribution in [0.25, 0.3) is 0 Å². The van der Waals surface area contributed by atoms with Crippen LogP contribution in [0, 0.1) is 0 Å². The summed E-state index contributed by atoms with van der Waals surface area (Å²) in [5, 5.41) is 3.63. The molecule has 0 saturated carbocycles. The molecule has 16 heavy (non-hydrogen) atoms. The maximum Gasteiger partial charge on any atom is 0.122 e. The molecule has 1 atom stereocenters. The molecule has 0 radical (unpaired) electrons. The van der Waals surface area contributed by atoms with Gasteiger partial charge < -0.3 is 10.1 Å². The van der Waals surface area contributed by atoms with Crippen LogP contribution in [0.15, 0.2) is 18.2 Å². The van der Waals surface area contributed by atoms with Crippen molar-refractivity contribution < 1.29 is 4.74 Å².